The van der Waals surface area contributed by atoms with E-state index in [-0.39, 0.29) is 5.91 Å². The number of nitrogens with zero attached hydrogens (tertiary/aromatic N) is 2. The van der Waals surface area contributed by atoms with E-state index in [9.17, 15) is 4.79 Å². The maximum atomic E-state index is 11.6. The molecule has 1 aliphatic rings. The Morgan fingerprint density at radius 3 is 2.68 bits per heavy atom. The van der Waals surface area contributed by atoms with Crippen LogP contribution in [0, 0.1) is 0 Å². The fourth-order valence-corrected chi connectivity index (χ4v) is 2.46. The second-order valence-electron chi connectivity index (χ2n) is 4.55. The molecule has 102 valence electrons. The minimum atomic E-state index is -0.0427. The van der Waals surface area contributed by atoms with Gasteiger partial charge in [0.1, 0.15) is 0 Å². The van der Waals surface area contributed by atoms with Gasteiger partial charge in [0.05, 0.1) is 12.8 Å². The van der Waals surface area contributed by atoms with Gasteiger partial charge in [0, 0.05) is 4.90 Å². The number of thioether (sulfide) groups is 1. The Labute approximate surface area is 118 Å². The Morgan fingerprint density at radius 2 is 2.05 bits per heavy atom. The summed E-state index contributed by atoms with van der Waals surface area (Å²) < 4.78 is 0. The summed E-state index contributed by atoms with van der Waals surface area (Å²) in [6.45, 7) is 2.49. The summed E-state index contributed by atoms with van der Waals surface area (Å²) in [5.41, 5.74) is 3.56. The van der Waals surface area contributed by atoms with Gasteiger partial charge < -0.3 is 0 Å². The van der Waals surface area contributed by atoms with Crippen molar-refractivity contribution in [3.63, 3.8) is 0 Å². The molecular weight excluding hydrogens is 258 g/mol. The molecule has 0 unspecified atom stereocenters. The van der Waals surface area contributed by atoms with Crippen molar-refractivity contribution in [2.75, 3.05) is 25.9 Å². The van der Waals surface area contributed by atoms with Crippen molar-refractivity contribution in [1.82, 2.24) is 10.3 Å². The molecule has 2 rings (SSSR count). The third kappa shape index (κ3) is 4.69. The van der Waals surface area contributed by atoms with E-state index in [1.807, 2.05) is 30.5 Å². The van der Waals surface area contributed by atoms with Crippen molar-refractivity contribution in [3.05, 3.63) is 29.8 Å². The van der Waals surface area contributed by atoms with Crippen molar-refractivity contribution in [1.29, 1.82) is 0 Å². The highest BCUT2D eigenvalue weighted by Gasteiger charge is 2.14. The average molecular weight is 277 g/mol. The third-order valence-electron chi connectivity index (χ3n) is 3.08. The summed E-state index contributed by atoms with van der Waals surface area (Å²) in [5, 5.41) is 3.98. The number of hydrogen-bond donors (Lipinski definition) is 1. The van der Waals surface area contributed by atoms with Crippen LogP contribution in [-0.4, -0.2) is 42.9 Å². The molecule has 1 heterocycles. The maximum absolute atomic E-state index is 11.6. The molecule has 0 saturated carbocycles. The van der Waals surface area contributed by atoms with Crippen LogP contribution < -0.4 is 5.43 Å². The minimum Gasteiger partial charge on any atom is -0.294 e. The molecule has 1 aliphatic heterocycles. The van der Waals surface area contributed by atoms with Crippen LogP contribution in [0.25, 0.3) is 0 Å². The number of hydrazone groups is 1. The van der Waals surface area contributed by atoms with E-state index >= 15 is 0 Å². The Kier molecular flexibility index (Phi) is 5.42. The van der Waals surface area contributed by atoms with Crippen LogP contribution in [0.2, 0.25) is 0 Å². The van der Waals surface area contributed by atoms with E-state index in [1.165, 1.54) is 17.7 Å². The Bertz CT molecular complexity index is 439. The normalized spacial score (nSPS) is 16.1. The number of likely N-dealkylation sites (tertiary alicyclic amines) is 1. The first-order chi connectivity index (χ1) is 9.28. The molecule has 0 atom stereocenters. The lowest BCUT2D eigenvalue weighted by Crippen LogP contribution is -2.33. The van der Waals surface area contributed by atoms with Gasteiger partial charge in [0.15, 0.2) is 0 Å². The van der Waals surface area contributed by atoms with Gasteiger partial charge >= 0.3 is 0 Å². The Hall–Kier alpha value is -1.33. The predicted octanol–water partition coefficient (Wildman–Crippen LogP) is 1.95. The van der Waals surface area contributed by atoms with Crippen molar-refractivity contribution < 1.29 is 4.79 Å². The molecule has 1 fully saturated rings. The van der Waals surface area contributed by atoms with Gasteiger partial charge in [-0.2, -0.15) is 5.10 Å². The zero-order valence-electron chi connectivity index (χ0n) is 11.1. The van der Waals surface area contributed by atoms with Crippen LogP contribution >= 0.6 is 11.8 Å². The SMILES string of the molecule is CSc1ccc(C=NNC(=O)CN2CCCC2)cc1. The monoisotopic (exact) mass is 277 g/mol. The highest BCUT2D eigenvalue weighted by molar-refractivity contribution is 7.98. The summed E-state index contributed by atoms with van der Waals surface area (Å²) in [6.07, 6.45) is 6.10. The topological polar surface area (TPSA) is 44.7 Å². The molecule has 1 N–H and O–H groups in total. The lowest BCUT2D eigenvalue weighted by Gasteiger charge is -2.12. The van der Waals surface area contributed by atoms with Gasteiger partial charge in [-0.15, -0.1) is 11.8 Å². The van der Waals surface area contributed by atoms with Crippen LogP contribution in [0.1, 0.15) is 18.4 Å². The largest absolute Gasteiger partial charge is 0.294 e. The fraction of sp³-hybridized carbons (Fsp3) is 0.429. The number of benzene rings is 1. The molecule has 0 aliphatic carbocycles. The van der Waals surface area contributed by atoms with Crippen LogP contribution in [0.4, 0.5) is 0 Å². The molecule has 0 aromatic heterocycles. The van der Waals surface area contributed by atoms with E-state index in [2.05, 4.69) is 15.4 Å². The molecule has 1 amide bonds. The van der Waals surface area contributed by atoms with Crippen LogP contribution in [0.3, 0.4) is 0 Å². The third-order valence-corrected chi connectivity index (χ3v) is 3.83. The summed E-state index contributed by atoms with van der Waals surface area (Å²) in [6, 6.07) is 8.06. The highest BCUT2D eigenvalue weighted by Crippen LogP contribution is 2.13. The van der Waals surface area contributed by atoms with Gasteiger partial charge in [0.2, 0.25) is 0 Å². The number of carbonyl (C=O) groups excluding carboxylic acids is 1. The Balaban J connectivity index is 1.76. The minimum absolute atomic E-state index is 0.0427. The molecule has 0 spiro atoms. The smallest absolute Gasteiger partial charge is 0.254 e. The van der Waals surface area contributed by atoms with Crippen LogP contribution in [0.5, 0.6) is 0 Å². The van der Waals surface area contributed by atoms with E-state index in [4.69, 9.17) is 0 Å². The first kappa shape index (κ1) is 14.1. The first-order valence-corrected chi connectivity index (χ1v) is 7.69. The molecule has 0 radical (unpaired) electrons. The molecule has 1 saturated heterocycles. The second kappa shape index (κ2) is 7.31. The summed E-state index contributed by atoms with van der Waals surface area (Å²) in [4.78, 5) is 15.0. The van der Waals surface area contributed by atoms with E-state index in [0.29, 0.717) is 6.54 Å². The van der Waals surface area contributed by atoms with Gasteiger partial charge in [-0.1, -0.05) is 12.1 Å². The second-order valence-corrected chi connectivity index (χ2v) is 5.43. The van der Waals surface area contributed by atoms with Crippen LogP contribution in [0.15, 0.2) is 34.3 Å². The summed E-state index contributed by atoms with van der Waals surface area (Å²) >= 11 is 1.70. The van der Waals surface area contributed by atoms with Gasteiger partial charge in [0.25, 0.3) is 5.91 Å². The van der Waals surface area contributed by atoms with E-state index in [1.54, 1.807) is 18.0 Å². The first-order valence-electron chi connectivity index (χ1n) is 6.46. The number of amides is 1. The molecule has 1 aromatic rings. The highest BCUT2D eigenvalue weighted by atomic mass is 32.2. The van der Waals surface area contributed by atoms with Gasteiger partial charge in [-0.3, -0.25) is 9.69 Å². The van der Waals surface area contributed by atoms with Crippen molar-refractivity contribution in [2.45, 2.75) is 17.7 Å². The summed E-state index contributed by atoms with van der Waals surface area (Å²) in [5.74, 6) is -0.0427. The molecular formula is C14H19N3OS. The molecule has 5 heteroatoms. The number of hydrogen-bond acceptors (Lipinski definition) is 4. The van der Waals surface area contributed by atoms with Crippen molar-refractivity contribution in [3.8, 4) is 0 Å². The molecule has 19 heavy (non-hydrogen) atoms. The zero-order chi connectivity index (χ0) is 13.5. The molecule has 4 nitrogen and oxygen atoms in total. The predicted molar refractivity (Wildman–Crippen MR) is 79.6 cm³/mol. The van der Waals surface area contributed by atoms with E-state index < -0.39 is 0 Å². The fourth-order valence-electron chi connectivity index (χ4n) is 2.05. The number of carbonyl (C=O) groups is 1. The Morgan fingerprint density at radius 1 is 1.37 bits per heavy atom. The lowest BCUT2D eigenvalue weighted by molar-refractivity contribution is -0.121. The maximum Gasteiger partial charge on any atom is 0.254 e. The molecule has 0 bridgehead atoms. The van der Waals surface area contributed by atoms with Crippen molar-refractivity contribution >= 4 is 23.9 Å². The summed E-state index contributed by atoms with van der Waals surface area (Å²) in [7, 11) is 0. The zero-order valence-corrected chi connectivity index (χ0v) is 11.9. The van der Waals surface area contributed by atoms with Crippen molar-refractivity contribution in [2.24, 2.45) is 5.10 Å². The lowest BCUT2D eigenvalue weighted by atomic mass is 10.2. The van der Waals surface area contributed by atoms with Gasteiger partial charge in [-0.05, 0) is 49.9 Å². The van der Waals surface area contributed by atoms with E-state index in [0.717, 1.165) is 18.7 Å². The van der Waals surface area contributed by atoms with Crippen LogP contribution in [-0.2, 0) is 4.79 Å². The number of rotatable bonds is 5. The number of nitrogens with one attached hydrogen (secondary N) is 1. The van der Waals surface area contributed by atoms with Gasteiger partial charge in [-0.25, -0.2) is 5.43 Å². The molecule has 1 aromatic carbocycles. The quantitative estimate of drug-likeness (QED) is 0.508. The average Bonchev–Trinajstić information content (AvgIpc) is 2.92. The standard InChI is InChI=1S/C14H19N3OS/c1-19-13-6-4-12(5-7-13)10-15-16-14(18)11-17-8-2-3-9-17/h4-7,10H,2-3,8-9,11H2,1H3,(H,16,18).